The summed E-state index contributed by atoms with van der Waals surface area (Å²) in [4.78, 5) is 23.2. The Balaban J connectivity index is 2.07. The van der Waals surface area contributed by atoms with Crippen molar-refractivity contribution in [2.24, 2.45) is 0 Å². The molecule has 1 unspecified atom stereocenters. The zero-order valence-corrected chi connectivity index (χ0v) is 10.5. The quantitative estimate of drug-likeness (QED) is 0.872. The minimum absolute atomic E-state index is 0.0977. The van der Waals surface area contributed by atoms with Gasteiger partial charge < -0.3 is 10.3 Å². The zero-order valence-electron chi connectivity index (χ0n) is 9.73. The summed E-state index contributed by atoms with van der Waals surface area (Å²) in [6, 6.07) is -0.0977. The fraction of sp³-hybridized carbons (Fsp3) is 0.364. The molecule has 0 aromatic carbocycles. The topological polar surface area (TPSA) is 70.7 Å². The molecule has 90 valence electrons. The highest BCUT2D eigenvalue weighted by Gasteiger charge is 2.17. The second-order valence-electron chi connectivity index (χ2n) is 3.66. The van der Waals surface area contributed by atoms with Crippen molar-refractivity contribution in [3.8, 4) is 0 Å². The number of nitrogens with zero attached hydrogens (tertiary/aromatic N) is 2. The Labute approximate surface area is 103 Å². The van der Waals surface area contributed by atoms with Crippen LogP contribution in [0.5, 0.6) is 0 Å². The van der Waals surface area contributed by atoms with Gasteiger partial charge in [0.1, 0.15) is 11.5 Å². The predicted molar refractivity (Wildman–Crippen MR) is 65.9 cm³/mol. The van der Waals surface area contributed by atoms with Gasteiger partial charge in [-0.15, -0.1) is 11.3 Å². The minimum Gasteiger partial charge on any atom is -0.347 e. The van der Waals surface area contributed by atoms with Crippen molar-refractivity contribution in [3.05, 3.63) is 34.3 Å². The van der Waals surface area contributed by atoms with Crippen LogP contribution in [-0.4, -0.2) is 20.9 Å². The first kappa shape index (κ1) is 11.8. The first-order chi connectivity index (χ1) is 8.20. The van der Waals surface area contributed by atoms with E-state index in [-0.39, 0.29) is 11.9 Å². The van der Waals surface area contributed by atoms with Crippen molar-refractivity contribution in [3.63, 3.8) is 0 Å². The number of amides is 1. The number of carbonyl (C=O) groups excluding carboxylic acids is 1. The molecule has 2 aromatic rings. The van der Waals surface area contributed by atoms with Gasteiger partial charge in [0.15, 0.2) is 0 Å². The van der Waals surface area contributed by atoms with Crippen molar-refractivity contribution >= 4 is 17.2 Å². The van der Waals surface area contributed by atoms with E-state index in [0.717, 1.165) is 17.3 Å². The predicted octanol–water partition coefficient (Wildman–Crippen LogP) is 2.06. The number of aryl methyl sites for hydroxylation is 1. The molecule has 5 nitrogen and oxygen atoms in total. The largest absolute Gasteiger partial charge is 0.347 e. The maximum atomic E-state index is 11.9. The van der Waals surface area contributed by atoms with Crippen LogP contribution in [0.3, 0.4) is 0 Å². The standard InChI is InChI=1S/C11H14N4OS/c1-3-8(10-12-4-5-13-10)15-11(16)9-6-17-7(2)14-9/h4-6,8H,3H2,1-2H3,(H,12,13)(H,15,16). The smallest absolute Gasteiger partial charge is 0.271 e. The van der Waals surface area contributed by atoms with Crippen LogP contribution in [0, 0.1) is 6.92 Å². The summed E-state index contributed by atoms with van der Waals surface area (Å²) in [5.74, 6) is 0.616. The Hall–Kier alpha value is -1.69. The Morgan fingerprint density at radius 2 is 2.47 bits per heavy atom. The lowest BCUT2D eigenvalue weighted by Gasteiger charge is -2.13. The van der Waals surface area contributed by atoms with Gasteiger partial charge >= 0.3 is 0 Å². The Bertz CT molecular complexity index is 491. The Morgan fingerprint density at radius 1 is 1.65 bits per heavy atom. The fourth-order valence-electron chi connectivity index (χ4n) is 1.53. The van der Waals surface area contributed by atoms with Gasteiger partial charge in [0, 0.05) is 17.8 Å². The molecule has 0 bridgehead atoms. The first-order valence-electron chi connectivity index (χ1n) is 5.43. The summed E-state index contributed by atoms with van der Waals surface area (Å²) in [5, 5.41) is 5.56. The van der Waals surface area contributed by atoms with E-state index in [4.69, 9.17) is 0 Å². The van der Waals surface area contributed by atoms with E-state index >= 15 is 0 Å². The van der Waals surface area contributed by atoms with Crippen LogP contribution in [0.1, 0.15) is 40.7 Å². The molecule has 1 atom stereocenters. The number of aromatic nitrogens is 3. The number of nitrogens with one attached hydrogen (secondary N) is 2. The van der Waals surface area contributed by atoms with E-state index in [2.05, 4.69) is 20.3 Å². The Kier molecular flexibility index (Phi) is 3.53. The molecule has 0 saturated carbocycles. The summed E-state index contributed by atoms with van der Waals surface area (Å²) in [6.45, 7) is 3.88. The van der Waals surface area contributed by atoms with Crippen LogP contribution < -0.4 is 5.32 Å². The maximum absolute atomic E-state index is 11.9. The number of H-pyrrole nitrogens is 1. The van der Waals surface area contributed by atoms with Crippen molar-refractivity contribution in [2.45, 2.75) is 26.3 Å². The van der Waals surface area contributed by atoms with Gasteiger partial charge in [-0.05, 0) is 13.3 Å². The lowest BCUT2D eigenvalue weighted by Crippen LogP contribution is -2.29. The van der Waals surface area contributed by atoms with E-state index in [1.165, 1.54) is 11.3 Å². The molecular formula is C11H14N4OS. The SMILES string of the molecule is CCC(NC(=O)c1csc(C)n1)c1ncc[nH]1. The summed E-state index contributed by atoms with van der Waals surface area (Å²) in [7, 11) is 0. The molecule has 1 amide bonds. The van der Waals surface area contributed by atoms with Gasteiger partial charge in [-0.2, -0.15) is 0 Å². The summed E-state index contributed by atoms with van der Waals surface area (Å²) in [5.41, 5.74) is 0.470. The number of hydrogen-bond acceptors (Lipinski definition) is 4. The molecule has 0 spiro atoms. The van der Waals surface area contributed by atoms with Crippen LogP contribution in [0.25, 0.3) is 0 Å². The third-order valence-corrected chi connectivity index (χ3v) is 3.19. The van der Waals surface area contributed by atoms with E-state index in [1.807, 2.05) is 13.8 Å². The average Bonchev–Trinajstić information content (AvgIpc) is 2.96. The zero-order chi connectivity index (χ0) is 12.3. The fourth-order valence-corrected chi connectivity index (χ4v) is 2.12. The molecule has 0 radical (unpaired) electrons. The number of rotatable bonds is 4. The molecule has 2 heterocycles. The third kappa shape index (κ3) is 2.71. The van der Waals surface area contributed by atoms with Gasteiger partial charge in [-0.1, -0.05) is 6.92 Å². The number of thiazole rings is 1. The number of carbonyl (C=O) groups is 1. The Morgan fingerprint density at radius 3 is 3.00 bits per heavy atom. The first-order valence-corrected chi connectivity index (χ1v) is 6.31. The highest BCUT2D eigenvalue weighted by atomic mass is 32.1. The molecule has 2 rings (SSSR count). The normalized spacial score (nSPS) is 12.4. The number of imidazole rings is 1. The van der Waals surface area contributed by atoms with Gasteiger partial charge in [0.2, 0.25) is 0 Å². The van der Waals surface area contributed by atoms with E-state index in [1.54, 1.807) is 17.8 Å². The second-order valence-corrected chi connectivity index (χ2v) is 4.72. The average molecular weight is 250 g/mol. The monoisotopic (exact) mass is 250 g/mol. The van der Waals surface area contributed by atoms with E-state index in [9.17, 15) is 4.79 Å². The highest BCUT2D eigenvalue weighted by molar-refractivity contribution is 7.09. The summed E-state index contributed by atoms with van der Waals surface area (Å²) in [6.07, 6.45) is 4.21. The van der Waals surface area contributed by atoms with E-state index < -0.39 is 0 Å². The molecule has 0 aliphatic heterocycles. The lowest BCUT2D eigenvalue weighted by atomic mass is 10.2. The molecular weight excluding hydrogens is 236 g/mol. The molecule has 2 N–H and O–H groups in total. The lowest BCUT2D eigenvalue weighted by molar-refractivity contribution is 0.0929. The number of hydrogen-bond donors (Lipinski definition) is 2. The highest BCUT2D eigenvalue weighted by Crippen LogP contribution is 2.13. The van der Waals surface area contributed by atoms with Crippen LogP contribution in [-0.2, 0) is 0 Å². The number of aromatic amines is 1. The molecule has 0 saturated heterocycles. The van der Waals surface area contributed by atoms with Crippen LogP contribution >= 0.6 is 11.3 Å². The van der Waals surface area contributed by atoms with E-state index in [0.29, 0.717) is 5.69 Å². The van der Waals surface area contributed by atoms with Crippen LogP contribution in [0.2, 0.25) is 0 Å². The molecule has 2 aromatic heterocycles. The van der Waals surface area contributed by atoms with Crippen molar-refractivity contribution in [1.29, 1.82) is 0 Å². The van der Waals surface area contributed by atoms with Gasteiger partial charge in [-0.3, -0.25) is 4.79 Å². The molecule has 0 fully saturated rings. The van der Waals surface area contributed by atoms with Gasteiger partial charge in [-0.25, -0.2) is 9.97 Å². The van der Waals surface area contributed by atoms with Crippen molar-refractivity contribution < 1.29 is 4.79 Å². The van der Waals surface area contributed by atoms with Gasteiger partial charge in [0.25, 0.3) is 5.91 Å². The minimum atomic E-state index is -0.155. The van der Waals surface area contributed by atoms with Crippen molar-refractivity contribution in [1.82, 2.24) is 20.3 Å². The molecule has 6 heteroatoms. The van der Waals surface area contributed by atoms with Crippen LogP contribution in [0.4, 0.5) is 0 Å². The third-order valence-electron chi connectivity index (χ3n) is 2.41. The summed E-state index contributed by atoms with van der Waals surface area (Å²) >= 11 is 1.47. The van der Waals surface area contributed by atoms with Crippen LogP contribution in [0.15, 0.2) is 17.8 Å². The summed E-state index contributed by atoms with van der Waals surface area (Å²) < 4.78 is 0. The van der Waals surface area contributed by atoms with Crippen molar-refractivity contribution in [2.75, 3.05) is 0 Å². The molecule has 17 heavy (non-hydrogen) atoms. The second kappa shape index (κ2) is 5.09. The molecule has 0 aliphatic carbocycles. The van der Waals surface area contributed by atoms with Gasteiger partial charge in [0.05, 0.1) is 11.0 Å². The maximum Gasteiger partial charge on any atom is 0.271 e. The molecule has 0 aliphatic rings.